The van der Waals surface area contributed by atoms with E-state index in [9.17, 15) is 4.79 Å². The van der Waals surface area contributed by atoms with E-state index in [-0.39, 0.29) is 6.61 Å². The van der Waals surface area contributed by atoms with Crippen molar-refractivity contribution in [1.29, 1.82) is 5.26 Å². The van der Waals surface area contributed by atoms with Crippen molar-refractivity contribution in [3.8, 4) is 11.8 Å². The Morgan fingerprint density at radius 2 is 2.00 bits per heavy atom. The molecule has 0 aliphatic rings. The maximum atomic E-state index is 11.9. The van der Waals surface area contributed by atoms with Crippen molar-refractivity contribution in [3.63, 3.8) is 0 Å². The quantitative estimate of drug-likeness (QED) is 0.804. The van der Waals surface area contributed by atoms with Gasteiger partial charge in [-0.05, 0) is 38.5 Å². The maximum absolute atomic E-state index is 11.9. The lowest BCUT2D eigenvalue weighted by Gasteiger charge is -2.12. The lowest BCUT2D eigenvalue weighted by Crippen LogP contribution is -2.07. The minimum absolute atomic E-state index is 0.229. The lowest BCUT2D eigenvalue weighted by atomic mass is 10.2. The van der Waals surface area contributed by atoms with E-state index in [1.54, 1.807) is 12.1 Å². The van der Waals surface area contributed by atoms with E-state index in [1.165, 1.54) is 0 Å². The molecule has 0 bridgehead atoms. The van der Waals surface area contributed by atoms with Gasteiger partial charge in [-0.25, -0.2) is 4.79 Å². The van der Waals surface area contributed by atoms with Gasteiger partial charge in [-0.2, -0.15) is 5.26 Å². The van der Waals surface area contributed by atoms with Gasteiger partial charge < -0.3 is 9.30 Å². The first-order chi connectivity index (χ1) is 9.56. The second kappa shape index (κ2) is 5.62. The lowest BCUT2D eigenvalue weighted by molar-refractivity contribution is 0.0554. The summed E-state index contributed by atoms with van der Waals surface area (Å²) in [5.41, 5.74) is 4.45. The second-order valence-electron chi connectivity index (χ2n) is 4.64. The van der Waals surface area contributed by atoms with Gasteiger partial charge in [0.1, 0.15) is 6.07 Å². The van der Waals surface area contributed by atoms with E-state index in [2.05, 4.69) is 0 Å². The van der Waals surface area contributed by atoms with Crippen LogP contribution < -0.4 is 0 Å². The van der Waals surface area contributed by atoms with Crippen molar-refractivity contribution < 1.29 is 9.53 Å². The van der Waals surface area contributed by atoms with Crippen LogP contribution in [0.1, 0.15) is 27.3 Å². The number of para-hydroxylation sites is 1. The van der Waals surface area contributed by atoms with Crippen molar-refractivity contribution in [2.75, 3.05) is 6.61 Å². The van der Waals surface area contributed by atoms with Crippen molar-refractivity contribution in [3.05, 3.63) is 52.8 Å². The first-order valence-electron chi connectivity index (χ1n) is 6.35. The number of ether oxygens (including phenoxy) is 1. The molecule has 0 aliphatic heterocycles. The van der Waals surface area contributed by atoms with Crippen LogP contribution in [0.15, 0.2) is 30.3 Å². The minimum atomic E-state index is -0.459. The molecule has 0 saturated carbocycles. The summed E-state index contributed by atoms with van der Waals surface area (Å²) in [6, 6.07) is 11.6. The van der Waals surface area contributed by atoms with Crippen molar-refractivity contribution >= 4 is 5.97 Å². The summed E-state index contributed by atoms with van der Waals surface area (Å²) in [5.74, 6) is -0.459. The van der Waals surface area contributed by atoms with Gasteiger partial charge in [0, 0.05) is 17.1 Å². The molecule has 102 valence electrons. The molecule has 1 heterocycles. The van der Waals surface area contributed by atoms with Gasteiger partial charge >= 0.3 is 5.97 Å². The molecular formula is C16H16N2O2. The van der Waals surface area contributed by atoms with Crippen LogP contribution in [-0.4, -0.2) is 17.1 Å². The average Bonchev–Trinajstić information content (AvgIpc) is 2.72. The molecule has 0 N–H and O–H groups in total. The van der Waals surface area contributed by atoms with Gasteiger partial charge in [0.2, 0.25) is 0 Å². The zero-order valence-electron chi connectivity index (χ0n) is 11.8. The van der Waals surface area contributed by atoms with Crippen molar-refractivity contribution in [2.24, 2.45) is 0 Å². The van der Waals surface area contributed by atoms with Crippen molar-refractivity contribution in [1.82, 2.24) is 4.57 Å². The Labute approximate surface area is 118 Å². The maximum Gasteiger partial charge on any atom is 0.341 e. The molecule has 4 heteroatoms. The standard InChI is InChI=1S/C16H16N2O2/c1-11-6-4-5-7-15(11)18-12(2)10-14(13(18)3)16(19)20-9-8-17/h4-7,10H,9H2,1-3H3. The first kappa shape index (κ1) is 13.9. The van der Waals surface area contributed by atoms with Gasteiger partial charge in [0.25, 0.3) is 0 Å². The highest BCUT2D eigenvalue weighted by atomic mass is 16.5. The smallest absolute Gasteiger partial charge is 0.341 e. The Balaban J connectivity index is 2.48. The van der Waals surface area contributed by atoms with Crippen LogP contribution in [-0.2, 0) is 4.74 Å². The molecule has 0 saturated heterocycles. The Hall–Kier alpha value is -2.54. The number of hydrogen-bond acceptors (Lipinski definition) is 3. The normalized spacial score (nSPS) is 10.1. The Morgan fingerprint density at radius 3 is 2.65 bits per heavy atom. The third-order valence-corrected chi connectivity index (χ3v) is 3.28. The summed E-state index contributed by atoms with van der Waals surface area (Å²) in [6.45, 7) is 5.62. The molecule has 0 spiro atoms. The first-order valence-corrected chi connectivity index (χ1v) is 6.35. The molecule has 0 atom stereocenters. The van der Waals surface area contributed by atoms with Gasteiger partial charge in [-0.3, -0.25) is 0 Å². The van der Waals surface area contributed by atoms with Gasteiger partial charge in [0.05, 0.1) is 5.56 Å². The molecule has 0 aliphatic carbocycles. The predicted molar refractivity (Wildman–Crippen MR) is 75.9 cm³/mol. The number of esters is 1. The fourth-order valence-corrected chi connectivity index (χ4v) is 2.33. The van der Waals surface area contributed by atoms with Crippen LogP contribution >= 0.6 is 0 Å². The Kier molecular flexibility index (Phi) is 3.90. The zero-order valence-corrected chi connectivity index (χ0v) is 11.8. The second-order valence-corrected chi connectivity index (χ2v) is 4.64. The number of rotatable bonds is 3. The number of aromatic nitrogens is 1. The largest absolute Gasteiger partial charge is 0.447 e. The summed E-state index contributed by atoms with van der Waals surface area (Å²) in [4.78, 5) is 11.9. The number of benzene rings is 1. The van der Waals surface area contributed by atoms with E-state index < -0.39 is 5.97 Å². The van der Waals surface area contributed by atoms with Crippen molar-refractivity contribution in [2.45, 2.75) is 20.8 Å². The number of nitriles is 1. The third-order valence-electron chi connectivity index (χ3n) is 3.28. The molecular weight excluding hydrogens is 252 g/mol. The van der Waals surface area contributed by atoms with Gasteiger partial charge in [-0.15, -0.1) is 0 Å². The van der Waals surface area contributed by atoms with E-state index in [4.69, 9.17) is 10.00 Å². The molecule has 4 nitrogen and oxygen atoms in total. The van der Waals surface area contributed by atoms with Gasteiger partial charge in [0.15, 0.2) is 6.61 Å². The molecule has 0 amide bonds. The van der Waals surface area contributed by atoms with Crippen LogP contribution in [0.4, 0.5) is 0 Å². The number of nitrogens with zero attached hydrogens (tertiary/aromatic N) is 2. The SMILES string of the molecule is Cc1ccccc1-n1c(C)cc(C(=O)OCC#N)c1C. The molecule has 2 rings (SSSR count). The molecule has 0 fully saturated rings. The van der Waals surface area contributed by atoms with Gasteiger partial charge in [-0.1, -0.05) is 18.2 Å². The Morgan fingerprint density at radius 1 is 1.30 bits per heavy atom. The molecule has 2 aromatic rings. The highest BCUT2D eigenvalue weighted by molar-refractivity contribution is 5.91. The number of hydrogen-bond donors (Lipinski definition) is 0. The summed E-state index contributed by atoms with van der Waals surface area (Å²) in [5, 5.41) is 8.47. The summed E-state index contributed by atoms with van der Waals surface area (Å²) < 4.78 is 6.91. The molecule has 1 aromatic carbocycles. The molecule has 1 aromatic heterocycles. The van der Waals surface area contributed by atoms with Crippen LogP contribution in [0.3, 0.4) is 0 Å². The summed E-state index contributed by atoms with van der Waals surface area (Å²) in [7, 11) is 0. The van der Waals surface area contributed by atoms with E-state index in [0.717, 1.165) is 22.6 Å². The molecule has 0 unspecified atom stereocenters. The highest BCUT2D eigenvalue weighted by Crippen LogP contribution is 2.23. The average molecular weight is 268 g/mol. The third kappa shape index (κ3) is 2.43. The van der Waals surface area contributed by atoms with Crippen LogP contribution in [0.5, 0.6) is 0 Å². The fraction of sp³-hybridized carbons (Fsp3) is 0.250. The highest BCUT2D eigenvalue weighted by Gasteiger charge is 2.18. The fourth-order valence-electron chi connectivity index (χ4n) is 2.33. The predicted octanol–water partition coefficient (Wildman–Crippen LogP) is 3.08. The van der Waals surface area contributed by atoms with E-state index >= 15 is 0 Å². The molecule has 0 radical (unpaired) electrons. The summed E-state index contributed by atoms with van der Waals surface area (Å²) >= 11 is 0. The monoisotopic (exact) mass is 268 g/mol. The zero-order chi connectivity index (χ0) is 14.7. The van der Waals surface area contributed by atoms with E-state index in [0.29, 0.717) is 5.56 Å². The minimum Gasteiger partial charge on any atom is -0.447 e. The number of carbonyl (C=O) groups is 1. The summed E-state index contributed by atoms with van der Waals surface area (Å²) in [6.07, 6.45) is 0. The van der Waals surface area contributed by atoms with Crippen LogP contribution in [0.2, 0.25) is 0 Å². The molecule has 20 heavy (non-hydrogen) atoms. The Bertz CT molecular complexity index is 693. The topological polar surface area (TPSA) is 55.0 Å². The van der Waals surface area contributed by atoms with Crippen LogP contribution in [0.25, 0.3) is 5.69 Å². The number of carbonyl (C=O) groups excluding carboxylic acids is 1. The van der Waals surface area contributed by atoms with Crippen LogP contribution in [0, 0.1) is 32.1 Å². The number of aryl methyl sites for hydroxylation is 2. The van der Waals surface area contributed by atoms with E-state index in [1.807, 2.05) is 49.6 Å².